The number of thiocarbonyl (C=S) groups is 1. The van der Waals surface area contributed by atoms with Gasteiger partial charge in [-0.1, -0.05) is 71.4 Å². The summed E-state index contributed by atoms with van der Waals surface area (Å²) in [7, 11) is 1.66. The summed E-state index contributed by atoms with van der Waals surface area (Å²) < 4.78 is 11.2. The van der Waals surface area contributed by atoms with Gasteiger partial charge in [0.15, 0.2) is 5.11 Å². The number of methoxy groups -OCH3 is 1. The largest absolute Gasteiger partial charge is 0.497 e. The van der Waals surface area contributed by atoms with Gasteiger partial charge in [-0.25, -0.2) is 0 Å². The fourth-order valence-electron chi connectivity index (χ4n) is 4.49. The maximum absolute atomic E-state index is 5.86. The third-order valence-corrected chi connectivity index (χ3v) is 6.78. The molecule has 0 saturated carbocycles. The van der Waals surface area contributed by atoms with E-state index in [0.717, 1.165) is 46.7 Å². The highest BCUT2D eigenvalue weighted by atomic mass is 32.1. The van der Waals surface area contributed by atoms with Gasteiger partial charge in [-0.2, -0.15) is 4.98 Å². The first-order valence-corrected chi connectivity index (χ1v) is 12.3. The molecule has 1 aliphatic heterocycles. The molecule has 182 valence electrons. The minimum absolute atomic E-state index is 0.234. The van der Waals surface area contributed by atoms with Gasteiger partial charge >= 0.3 is 0 Å². The standard InChI is InChI=1S/C29H28N4O2S/c1-19-8-7-11-23(18-19)27-31-28(35-32-27)25-20(2)33(17-16-21-9-5-4-6-10-21)29(36)30-26(25)22-12-14-24(34-3)15-13-22/h4-15,18,26H,16-17H2,1-3H3,(H,30,36). The van der Waals surface area contributed by atoms with Crippen LogP contribution in [0.4, 0.5) is 0 Å². The van der Waals surface area contributed by atoms with Crippen LogP contribution in [0.1, 0.15) is 35.5 Å². The van der Waals surface area contributed by atoms with Crippen LogP contribution in [0.2, 0.25) is 0 Å². The van der Waals surface area contributed by atoms with Crippen molar-refractivity contribution in [2.24, 2.45) is 0 Å². The Morgan fingerprint density at radius 1 is 1.00 bits per heavy atom. The molecule has 4 aromatic rings. The Balaban J connectivity index is 1.54. The molecule has 0 aliphatic carbocycles. The fourth-order valence-corrected chi connectivity index (χ4v) is 4.84. The number of nitrogens with zero attached hydrogens (tertiary/aromatic N) is 3. The molecule has 0 fully saturated rings. The first-order chi connectivity index (χ1) is 17.5. The van der Waals surface area contributed by atoms with Crippen molar-refractivity contribution in [1.82, 2.24) is 20.4 Å². The van der Waals surface area contributed by atoms with Crippen molar-refractivity contribution in [3.63, 3.8) is 0 Å². The molecule has 1 atom stereocenters. The van der Waals surface area contributed by atoms with Gasteiger partial charge in [0, 0.05) is 17.8 Å². The second-order valence-corrected chi connectivity index (χ2v) is 9.22. The lowest BCUT2D eigenvalue weighted by Gasteiger charge is -2.37. The van der Waals surface area contributed by atoms with Crippen molar-refractivity contribution >= 4 is 22.9 Å². The Morgan fingerprint density at radius 3 is 2.50 bits per heavy atom. The number of hydrogen-bond acceptors (Lipinski definition) is 5. The molecule has 0 spiro atoms. The van der Waals surface area contributed by atoms with Crippen LogP contribution in [-0.4, -0.2) is 33.8 Å². The van der Waals surface area contributed by atoms with Crippen LogP contribution < -0.4 is 10.1 Å². The van der Waals surface area contributed by atoms with Crippen molar-refractivity contribution in [2.75, 3.05) is 13.7 Å². The number of benzene rings is 3. The third kappa shape index (κ3) is 4.88. The van der Waals surface area contributed by atoms with Crippen molar-refractivity contribution < 1.29 is 9.26 Å². The normalized spacial score (nSPS) is 15.7. The second kappa shape index (κ2) is 10.3. The molecule has 1 aliphatic rings. The van der Waals surface area contributed by atoms with E-state index in [2.05, 4.69) is 52.6 Å². The fraction of sp³-hybridized carbons (Fsp3) is 0.207. The number of allylic oxidation sites excluding steroid dienone is 1. The summed E-state index contributed by atoms with van der Waals surface area (Å²) in [6.45, 7) is 4.85. The van der Waals surface area contributed by atoms with Crippen molar-refractivity contribution in [3.8, 4) is 17.1 Å². The summed E-state index contributed by atoms with van der Waals surface area (Å²) >= 11 is 5.83. The molecular formula is C29H28N4O2S. The SMILES string of the molecule is COc1ccc(C2NC(=S)N(CCc3ccccc3)C(C)=C2c2nc(-c3cccc(C)c3)no2)cc1. The van der Waals surface area contributed by atoms with Gasteiger partial charge in [0.05, 0.1) is 18.7 Å². The number of aromatic nitrogens is 2. The van der Waals surface area contributed by atoms with E-state index in [1.165, 1.54) is 5.56 Å². The zero-order valence-electron chi connectivity index (χ0n) is 20.6. The molecule has 36 heavy (non-hydrogen) atoms. The Kier molecular flexibility index (Phi) is 6.82. The van der Waals surface area contributed by atoms with Gasteiger partial charge < -0.3 is 19.5 Å². The Bertz CT molecular complexity index is 1400. The zero-order chi connectivity index (χ0) is 25.1. The molecule has 7 heteroatoms. The first kappa shape index (κ1) is 23.8. The van der Waals surface area contributed by atoms with E-state index in [0.29, 0.717) is 16.8 Å². The lowest BCUT2D eigenvalue weighted by Crippen LogP contribution is -2.46. The lowest BCUT2D eigenvalue weighted by molar-refractivity contribution is 0.397. The predicted molar refractivity (Wildman–Crippen MR) is 145 cm³/mol. The Hall–Kier alpha value is -3.97. The van der Waals surface area contributed by atoms with Crippen LogP contribution >= 0.6 is 12.2 Å². The molecule has 3 aromatic carbocycles. The molecule has 0 bridgehead atoms. The smallest absolute Gasteiger partial charge is 0.258 e. The van der Waals surface area contributed by atoms with Crippen molar-refractivity contribution in [2.45, 2.75) is 26.3 Å². The molecule has 0 amide bonds. The molecule has 0 radical (unpaired) electrons. The first-order valence-electron chi connectivity index (χ1n) is 11.9. The highest BCUT2D eigenvalue weighted by Gasteiger charge is 2.34. The number of aryl methyl sites for hydroxylation is 1. The topological polar surface area (TPSA) is 63.4 Å². The number of nitrogens with one attached hydrogen (secondary N) is 1. The molecular weight excluding hydrogens is 468 g/mol. The molecule has 0 saturated heterocycles. The molecule has 1 unspecified atom stereocenters. The highest BCUT2D eigenvalue weighted by Crippen LogP contribution is 2.38. The molecule has 1 aromatic heterocycles. The molecule has 2 heterocycles. The van der Waals surface area contributed by atoms with Gasteiger partial charge in [0.1, 0.15) is 5.75 Å². The van der Waals surface area contributed by atoms with Crippen LogP contribution in [0.15, 0.2) is 89.1 Å². The zero-order valence-corrected chi connectivity index (χ0v) is 21.4. The third-order valence-electron chi connectivity index (χ3n) is 6.45. The van der Waals surface area contributed by atoms with Gasteiger partial charge in [-0.3, -0.25) is 0 Å². The summed E-state index contributed by atoms with van der Waals surface area (Å²) in [5.74, 6) is 1.83. The van der Waals surface area contributed by atoms with E-state index in [1.807, 2.05) is 55.5 Å². The van der Waals surface area contributed by atoms with Crippen LogP contribution in [0.5, 0.6) is 5.75 Å². The van der Waals surface area contributed by atoms with E-state index in [9.17, 15) is 0 Å². The van der Waals surface area contributed by atoms with Crippen LogP contribution in [0, 0.1) is 6.92 Å². The van der Waals surface area contributed by atoms with Crippen LogP contribution in [0.25, 0.3) is 17.0 Å². The minimum Gasteiger partial charge on any atom is -0.497 e. The van der Waals surface area contributed by atoms with Crippen molar-refractivity contribution in [3.05, 3.63) is 107 Å². The summed E-state index contributed by atoms with van der Waals surface area (Å²) in [5.41, 5.74) is 6.26. The number of ether oxygens (including phenoxy) is 1. The van der Waals surface area contributed by atoms with Gasteiger partial charge in [0.2, 0.25) is 5.82 Å². The molecule has 1 N–H and O–H groups in total. The maximum Gasteiger partial charge on any atom is 0.258 e. The van der Waals surface area contributed by atoms with E-state index in [1.54, 1.807) is 7.11 Å². The summed E-state index contributed by atoms with van der Waals surface area (Å²) in [5, 5.41) is 8.51. The summed E-state index contributed by atoms with van der Waals surface area (Å²) in [4.78, 5) is 6.93. The predicted octanol–water partition coefficient (Wildman–Crippen LogP) is 5.96. The van der Waals surface area contributed by atoms with E-state index >= 15 is 0 Å². The van der Waals surface area contributed by atoms with E-state index < -0.39 is 0 Å². The van der Waals surface area contributed by atoms with Gasteiger partial charge in [0.25, 0.3) is 5.89 Å². The minimum atomic E-state index is -0.234. The monoisotopic (exact) mass is 496 g/mol. The van der Waals surface area contributed by atoms with Gasteiger partial charge in [-0.05, 0) is 61.8 Å². The Labute approximate surface area is 216 Å². The molecule has 5 rings (SSSR count). The van der Waals surface area contributed by atoms with Crippen molar-refractivity contribution in [1.29, 1.82) is 0 Å². The van der Waals surface area contributed by atoms with Crippen LogP contribution in [-0.2, 0) is 6.42 Å². The van der Waals surface area contributed by atoms with E-state index in [-0.39, 0.29) is 6.04 Å². The summed E-state index contributed by atoms with van der Waals surface area (Å²) in [6.07, 6.45) is 0.860. The summed E-state index contributed by atoms with van der Waals surface area (Å²) in [6, 6.07) is 26.2. The maximum atomic E-state index is 5.86. The van der Waals surface area contributed by atoms with E-state index in [4.69, 9.17) is 26.5 Å². The lowest BCUT2D eigenvalue weighted by atomic mass is 9.94. The number of rotatable bonds is 7. The second-order valence-electron chi connectivity index (χ2n) is 8.83. The average Bonchev–Trinajstić information content (AvgIpc) is 3.39. The van der Waals surface area contributed by atoms with Crippen LogP contribution in [0.3, 0.4) is 0 Å². The Morgan fingerprint density at radius 2 is 1.78 bits per heavy atom. The molecule has 6 nitrogen and oxygen atoms in total. The number of hydrogen-bond donors (Lipinski definition) is 1. The highest BCUT2D eigenvalue weighted by molar-refractivity contribution is 7.80. The quantitative estimate of drug-likeness (QED) is 0.317. The van der Waals surface area contributed by atoms with Gasteiger partial charge in [-0.15, -0.1) is 0 Å². The average molecular weight is 497 g/mol.